The van der Waals surface area contributed by atoms with Crippen LogP contribution in [0.2, 0.25) is 10.0 Å². The molecule has 7 nitrogen and oxygen atoms in total. The van der Waals surface area contributed by atoms with Gasteiger partial charge >= 0.3 is 12.3 Å². The summed E-state index contributed by atoms with van der Waals surface area (Å²) in [7, 11) is 0. The fraction of sp³-hybridized carbons (Fsp3) is 0.375. The molecule has 3 rings (SSSR count). The number of hydrogen-bond acceptors (Lipinski definition) is 4. The van der Waals surface area contributed by atoms with Crippen molar-refractivity contribution >= 4 is 46.8 Å². The van der Waals surface area contributed by atoms with Gasteiger partial charge in [-0.05, 0) is 62.9 Å². The van der Waals surface area contributed by atoms with Crippen LogP contribution in [0.4, 0.5) is 23.7 Å². The fourth-order valence-corrected chi connectivity index (χ4v) is 4.05. The van der Waals surface area contributed by atoms with E-state index in [9.17, 15) is 22.8 Å². The number of carbonyl (C=O) groups excluding carboxylic acids is 2. The van der Waals surface area contributed by atoms with Gasteiger partial charge in [0.15, 0.2) is 0 Å². The molecule has 0 atom stereocenters. The maximum Gasteiger partial charge on any atom is 0.418 e. The van der Waals surface area contributed by atoms with Gasteiger partial charge < -0.3 is 15.4 Å². The quantitative estimate of drug-likeness (QED) is 0.305. The number of alkyl carbamates (subject to hydrolysis) is 1. The topological polar surface area (TPSA) is 91.8 Å². The molecule has 2 amide bonds. The molecule has 1 saturated carbocycles. The summed E-state index contributed by atoms with van der Waals surface area (Å²) >= 11 is 11.9. The molecule has 1 fully saturated rings. The average Bonchev–Trinajstić information content (AvgIpc) is 2.82. The van der Waals surface area contributed by atoms with Gasteiger partial charge in [-0.25, -0.2) is 9.79 Å². The SMILES string of the molecule is CCOC(=O)NC1CCC(N=C(NC(=O)c2ccc(Cl)c(Cl)c2)Nc2ccccc2C(F)(F)F)CC1. The highest BCUT2D eigenvalue weighted by molar-refractivity contribution is 6.42. The molecule has 1 aliphatic rings. The van der Waals surface area contributed by atoms with Crippen molar-refractivity contribution in [3.05, 3.63) is 63.6 Å². The summed E-state index contributed by atoms with van der Waals surface area (Å²) in [6, 6.07) is 8.77. The summed E-state index contributed by atoms with van der Waals surface area (Å²) in [5.74, 6) is -0.758. The maximum absolute atomic E-state index is 13.5. The summed E-state index contributed by atoms with van der Waals surface area (Å²) in [6.07, 6.45) is -2.82. The van der Waals surface area contributed by atoms with Crippen molar-refractivity contribution in [3.8, 4) is 0 Å². The van der Waals surface area contributed by atoms with Gasteiger partial charge in [0.25, 0.3) is 5.91 Å². The van der Waals surface area contributed by atoms with Crippen LogP contribution in [0.5, 0.6) is 0 Å². The van der Waals surface area contributed by atoms with Gasteiger partial charge in [0.05, 0.1) is 33.9 Å². The minimum atomic E-state index is -4.61. The molecule has 194 valence electrons. The van der Waals surface area contributed by atoms with Crippen molar-refractivity contribution in [1.82, 2.24) is 10.6 Å². The largest absolute Gasteiger partial charge is 0.450 e. The molecule has 0 aromatic heterocycles. The van der Waals surface area contributed by atoms with Crippen LogP contribution in [-0.2, 0) is 10.9 Å². The number of hydrogen-bond donors (Lipinski definition) is 3. The molecular weight excluding hydrogens is 520 g/mol. The van der Waals surface area contributed by atoms with Gasteiger partial charge in [-0.3, -0.25) is 10.1 Å². The summed E-state index contributed by atoms with van der Waals surface area (Å²) in [5, 5.41) is 8.39. The Bertz CT molecular complexity index is 1120. The molecule has 0 unspecified atom stereocenters. The molecule has 0 bridgehead atoms. The Morgan fingerprint density at radius 2 is 1.75 bits per heavy atom. The number of carbonyl (C=O) groups is 2. The molecule has 3 N–H and O–H groups in total. The third kappa shape index (κ3) is 7.76. The normalized spacial score (nSPS) is 18.3. The fourth-order valence-electron chi connectivity index (χ4n) is 3.75. The van der Waals surface area contributed by atoms with Gasteiger partial charge in [-0.2, -0.15) is 13.2 Å². The second-order valence-corrected chi connectivity index (χ2v) is 8.91. The number of anilines is 1. The van der Waals surface area contributed by atoms with E-state index in [4.69, 9.17) is 27.9 Å². The number of para-hydroxylation sites is 1. The summed E-state index contributed by atoms with van der Waals surface area (Å²) in [5.41, 5.74) is -0.995. The van der Waals surface area contributed by atoms with Crippen molar-refractivity contribution in [3.63, 3.8) is 0 Å². The number of guanidine groups is 1. The summed E-state index contributed by atoms with van der Waals surface area (Å²) in [4.78, 5) is 29.0. The Hall–Kier alpha value is -2.98. The molecule has 0 spiro atoms. The molecule has 36 heavy (non-hydrogen) atoms. The Morgan fingerprint density at radius 1 is 1.06 bits per heavy atom. The zero-order chi connectivity index (χ0) is 26.3. The van der Waals surface area contributed by atoms with Crippen LogP contribution in [0.25, 0.3) is 0 Å². The molecule has 1 aliphatic carbocycles. The number of aliphatic imine (C=N–C) groups is 1. The highest BCUT2D eigenvalue weighted by atomic mass is 35.5. The molecule has 0 radical (unpaired) electrons. The molecular formula is C24H25Cl2F3N4O3. The monoisotopic (exact) mass is 544 g/mol. The number of amides is 2. The van der Waals surface area contributed by atoms with Gasteiger partial charge in [0.2, 0.25) is 5.96 Å². The van der Waals surface area contributed by atoms with Crippen LogP contribution in [0.3, 0.4) is 0 Å². The number of nitrogens with one attached hydrogen (secondary N) is 3. The van der Waals surface area contributed by atoms with Crippen molar-refractivity contribution in [2.24, 2.45) is 4.99 Å². The van der Waals surface area contributed by atoms with E-state index in [0.29, 0.717) is 25.7 Å². The maximum atomic E-state index is 13.5. The number of benzene rings is 2. The van der Waals surface area contributed by atoms with Gasteiger partial charge in [-0.15, -0.1) is 0 Å². The first-order valence-corrected chi connectivity index (χ1v) is 12.0. The van der Waals surface area contributed by atoms with Crippen LogP contribution in [0, 0.1) is 0 Å². The van der Waals surface area contributed by atoms with Crippen molar-refractivity contribution in [2.45, 2.75) is 50.9 Å². The minimum Gasteiger partial charge on any atom is -0.450 e. The predicted molar refractivity (Wildman–Crippen MR) is 133 cm³/mol. The van der Waals surface area contributed by atoms with Gasteiger partial charge in [0.1, 0.15) is 0 Å². The first kappa shape index (κ1) is 27.6. The lowest BCUT2D eigenvalue weighted by Crippen LogP contribution is -2.40. The van der Waals surface area contributed by atoms with E-state index in [1.807, 2.05) is 0 Å². The minimum absolute atomic E-state index is 0.0938. The van der Waals surface area contributed by atoms with Crippen LogP contribution >= 0.6 is 23.2 Å². The number of rotatable bonds is 5. The van der Waals surface area contributed by atoms with Crippen LogP contribution in [-0.4, -0.2) is 36.7 Å². The zero-order valence-electron chi connectivity index (χ0n) is 19.3. The number of nitrogens with zero attached hydrogens (tertiary/aromatic N) is 1. The first-order valence-electron chi connectivity index (χ1n) is 11.3. The summed E-state index contributed by atoms with van der Waals surface area (Å²) in [6.45, 7) is 1.97. The number of ether oxygens (including phenoxy) is 1. The van der Waals surface area contributed by atoms with Crippen LogP contribution in [0.15, 0.2) is 47.5 Å². The van der Waals surface area contributed by atoms with Crippen molar-refractivity contribution in [1.29, 1.82) is 0 Å². The Balaban J connectivity index is 1.80. The molecule has 0 heterocycles. The number of alkyl halides is 3. The molecule has 2 aromatic carbocycles. The molecule has 12 heteroatoms. The number of halogens is 5. The van der Waals surface area contributed by atoms with E-state index in [1.165, 1.54) is 36.4 Å². The highest BCUT2D eigenvalue weighted by Gasteiger charge is 2.33. The smallest absolute Gasteiger partial charge is 0.418 e. The molecule has 0 saturated heterocycles. The van der Waals surface area contributed by atoms with E-state index < -0.39 is 23.7 Å². The van der Waals surface area contributed by atoms with E-state index in [-0.39, 0.29) is 45.9 Å². The third-order valence-electron chi connectivity index (χ3n) is 5.51. The summed E-state index contributed by atoms with van der Waals surface area (Å²) < 4.78 is 45.5. The Labute approximate surface area is 216 Å². The van der Waals surface area contributed by atoms with E-state index in [2.05, 4.69) is 20.9 Å². The van der Waals surface area contributed by atoms with Crippen molar-refractivity contribution in [2.75, 3.05) is 11.9 Å². The third-order valence-corrected chi connectivity index (χ3v) is 6.24. The second kappa shape index (κ2) is 12.3. The predicted octanol–water partition coefficient (Wildman–Crippen LogP) is 6.27. The lowest BCUT2D eigenvalue weighted by Gasteiger charge is -2.27. The van der Waals surface area contributed by atoms with E-state index in [1.54, 1.807) is 6.92 Å². The lowest BCUT2D eigenvalue weighted by atomic mass is 9.92. The second-order valence-electron chi connectivity index (χ2n) is 8.10. The van der Waals surface area contributed by atoms with Gasteiger partial charge in [-0.1, -0.05) is 35.3 Å². The van der Waals surface area contributed by atoms with E-state index >= 15 is 0 Å². The van der Waals surface area contributed by atoms with Crippen LogP contribution in [0.1, 0.15) is 48.5 Å². The average molecular weight is 545 g/mol. The van der Waals surface area contributed by atoms with Crippen LogP contribution < -0.4 is 16.0 Å². The molecule has 0 aliphatic heterocycles. The zero-order valence-corrected chi connectivity index (χ0v) is 20.8. The Morgan fingerprint density at radius 3 is 2.39 bits per heavy atom. The standard InChI is InChI=1S/C24H25Cl2F3N4O3/c1-2-36-23(35)31-16-10-8-15(9-11-16)30-22(32-20-6-4-3-5-17(20)24(27,28)29)33-21(34)14-7-12-18(25)19(26)13-14/h3-7,12-13,15-16H,2,8-11H2,1H3,(H,31,35)(H2,30,32,33,34). The molecule has 2 aromatic rings. The van der Waals surface area contributed by atoms with Crippen molar-refractivity contribution < 1.29 is 27.5 Å². The van der Waals surface area contributed by atoms with E-state index in [0.717, 1.165) is 6.07 Å². The lowest BCUT2D eigenvalue weighted by molar-refractivity contribution is -0.136. The highest BCUT2D eigenvalue weighted by Crippen LogP contribution is 2.34. The first-order chi connectivity index (χ1) is 17.1. The van der Waals surface area contributed by atoms with Gasteiger partial charge in [0, 0.05) is 11.6 Å². The Kier molecular flexibility index (Phi) is 9.44.